The van der Waals surface area contributed by atoms with Gasteiger partial charge in [-0.15, -0.1) is 0 Å². The van der Waals surface area contributed by atoms with Crippen molar-refractivity contribution in [1.82, 2.24) is 0 Å². The van der Waals surface area contributed by atoms with Crippen molar-refractivity contribution in [3.63, 3.8) is 0 Å². The first-order valence-electron chi connectivity index (χ1n) is 7.61. The van der Waals surface area contributed by atoms with Crippen LogP contribution in [0, 0.1) is 23.1 Å². The van der Waals surface area contributed by atoms with Crippen LogP contribution in [0.4, 0.5) is 4.39 Å². The Bertz CT molecular complexity index is 618. The molecule has 104 valence electrons. The van der Waals surface area contributed by atoms with Gasteiger partial charge in [0.15, 0.2) is 5.78 Å². The highest BCUT2D eigenvalue weighted by Crippen LogP contribution is 2.57. The minimum Gasteiger partial charge on any atom is -0.294 e. The highest BCUT2D eigenvalue weighted by molar-refractivity contribution is 5.97. The van der Waals surface area contributed by atoms with Crippen LogP contribution in [0.1, 0.15) is 43.2 Å². The van der Waals surface area contributed by atoms with Crippen LogP contribution in [0.25, 0.3) is 0 Å². The summed E-state index contributed by atoms with van der Waals surface area (Å²) in [6.07, 6.45) is 7.69. The topological polar surface area (TPSA) is 17.1 Å². The maximum absolute atomic E-state index is 14.0. The Morgan fingerprint density at radius 1 is 1.30 bits per heavy atom. The highest BCUT2D eigenvalue weighted by Gasteiger charge is 2.52. The molecule has 0 saturated heterocycles. The molecule has 1 aromatic rings. The number of fused-ring (bicyclic) bond motifs is 5. The molecule has 1 fully saturated rings. The summed E-state index contributed by atoms with van der Waals surface area (Å²) >= 11 is 0. The maximum atomic E-state index is 14.0. The minimum absolute atomic E-state index is 0.0488. The van der Waals surface area contributed by atoms with Crippen molar-refractivity contribution in [2.75, 3.05) is 0 Å². The van der Waals surface area contributed by atoms with Crippen molar-refractivity contribution >= 4 is 5.78 Å². The number of hydrogen-bond acceptors (Lipinski definition) is 1. The molecule has 0 aromatic heterocycles. The van der Waals surface area contributed by atoms with E-state index in [4.69, 9.17) is 0 Å². The van der Waals surface area contributed by atoms with Gasteiger partial charge in [-0.2, -0.15) is 0 Å². The number of hydrogen-bond donors (Lipinski definition) is 0. The number of ketones is 1. The van der Waals surface area contributed by atoms with Crippen LogP contribution < -0.4 is 0 Å². The Kier molecular flexibility index (Phi) is 2.48. The first-order valence-corrected chi connectivity index (χ1v) is 7.61. The summed E-state index contributed by atoms with van der Waals surface area (Å²) < 4.78 is 14.0. The molecule has 1 aromatic carbocycles. The van der Waals surface area contributed by atoms with Gasteiger partial charge in [0.25, 0.3) is 0 Å². The van der Waals surface area contributed by atoms with Crippen LogP contribution in [-0.2, 0) is 11.2 Å². The molecular formula is C18H19FO. The average Bonchev–Trinajstić information content (AvgIpc) is 2.75. The van der Waals surface area contributed by atoms with E-state index in [0.717, 1.165) is 31.2 Å². The van der Waals surface area contributed by atoms with Gasteiger partial charge in [0.1, 0.15) is 5.82 Å². The van der Waals surface area contributed by atoms with Crippen molar-refractivity contribution in [3.05, 3.63) is 47.3 Å². The summed E-state index contributed by atoms with van der Waals surface area (Å²) in [5.41, 5.74) is 1.94. The van der Waals surface area contributed by atoms with E-state index >= 15 is 0 Å². The molecule has 1 nitrogen and oxygen atoms in total. The molecule has 3 aliphatic rings. The number of benzene rings is 1. The molecule has 0 spiro atoms. The first kappa shape index (κ1) is 12.3. The molecule has 20 heavy (non-hydrogen) atoms. The van der Waals surface area contributed by atoms with Crippen molar-refractivity contribution in [1.29, 1.82) is 0 Å². The Morgan fingerprint density at radius 3 is 3.00 bits per heavy atom. The van der Waals surface area contributed by atoms with Gasteiger partial charge < -0.3 is 0 Å². The normalized spacial score (nSPS) is 38.3. The predicted molar refractivity (Wildman–Crippen MR) is 75.9 cm³/mol. The summed E-state index contributed by atoms with van der Waals surface area (Å²) in [5, 5.41) is 0. The molecule has 2 heteroatoms. The lowest BCUT2D eigenvalue weighted by Crippen LogP contribution is -2.43. The van der Waals surface area contributed by atoms with Crippen LogP contribution in [0.2, 0.25) is 0 Å². The summed E-state index contributed by atoms with van der Waals surface area (Å²) in [5.74, 6) is 1.54. The zero-order chi connectivity index (χ0) is 13.9. The third-order valence-electron chi connectivity index (χ3n) is 5.99. The summed E-state index contributed by atoms with van der Waals surface area (Å²) in [7, 11) is 0. The molecule has 0 bridgehead atoms. The zero-order valence-corrected chi connectivity index (χ0v) is 11.7. The van der Waals surface area contributed by atoms with Gasteiger partial charge in [-0.05, 0) is 66.7 Å². The smallest absolute Gasteiger partial charge is 0.161 e. The molecular weight excluding hydrogens is 251 g/mol. The monoisotopic (exact) mass is 270 g/mol. The van der Waals surface area contributed by atoms with E-state index in [1.807, 2.05) is 6.07 Å². The molecule has 1 saturated carbocycles. The second-order valence-electron chi connectivity index (χ2n) is 6.82. The van der Waals surface area contributed by atoms with Crippen molar-refractivity contribution in [2.24, 2.45) is 17.3 Å². The zero-order valence-electron chi connectivity index (χ0n) is 11.7. The standard InChI is InChI=1S/C18H19FO/c1-18-10-9-12-11-3-2-4-16(19)14(11)6-5-13(12)15(18)7-8-17(18)20/h2-4,7-8,12-13,15H,5-6,9-10H2,1H3/t12-,13-,15+,18+/m1/s1. The Balaban J connectivity index is 1.77. The van der Waals surface area contributed by atoms with Crippen LogP contribution in [0.3, 0.4) is 0 Å². The number of carbonyl (C=O) groups excluding carboxylic acids is 1. The molecule has 0 radical (unpaired) electrons. The minimum atomic E-state index is -0.188. The third kappa shape index (κ3) is 1.45. The van der Waals surface area contributed by atoms with Crippen LogP contribution in [0.5, 0.6) is 0 Å². The summed E-state index contributed by atoms with van der Waals surface area (Å²) in [6.45, 7) is 2.12. The maximum Gasteiger partial charge on any atom is 0.161 e. The van der Waals surface area contributed by atoms with E-state index in [1.54, 1.807) is 12.1 Å². The molecule has 0 unspecified atom stereocenters. The van der Waals surface area contributed by atoms with Crippen molar-refractivity contribution < 1.29 is 9.18 Å². The van der Waals surface area contributed by atoms with Gasteiger partial charge in [-0.3, -0.25) is 4.79 Å². The fourth-order valence-corrected chi connectivity index (χ4v) is 4.85. The Hall–Kier alpha value is -1.44. The summed E-state index contributed by atoms with van der Waals surface area (Å²) in [4.78, 5) is 12.2. The highest BCUT2D eigenvalue weighted by atomic mass is 19.1. The average molecular weight is 270 g/mol. The van der Waals surface area contributed by atoms with E-state index in [0.29, 0.717) is 23.5 Å². The van der Waals surface area contributed by atoms with Gasteiger partial charge in [-0.25, -0.2) is 4.39 Å². The fraction of sp³-hybridized carbons (Fsp3) is 0.500. The fourth-order valence-electron chi connectivity index (χ4n) is 4.85. The van der Waals surface area contributed by atoms with E-state index < -0.39 is 0 Å². The molecule has 0 N–H and O–H groups in total. The number of allylic oxidation sites excluding steroid dienone is 2. The van der Waals surface area contributed by atoms with Crippen molar-refractivity contribution in [3.8, 4) is 0 Å². The second kappa shape index (κ2) is 4.03. The Labute approximate surface area is 118 Å². The van der Waals surface area contributed by atoms with Gasteiger partial charge in [0, 0.05) is 5.41 Å². The summed E-state index contributed by atoms with van der Waals surface area (Å²) in [6, 6.07) is 5.50. The van der Waals surface area contributed by atoms with E-state index in [-0.39, 0.29) is 11.2 Å². The molecule has 4 rings (SSSR count). The lowest BCUT2D eigenvalue weighted by molar-refractivity contribution is -0.126. The van der Waals surface area contributed by atoms with Gasteiger partial charge >= 0.3 is 0 Å². The van der Waals surface area contributed by atoms with Crippen molar-refractivity contribution in [2.45, 2.75) is 38.5 Å². The third-order valence-corrected chi connectivity index (χ3v) is 5.99. The molecule has 0 aliphatic heterocycles. The SMILES string of the molecule is C[C@]12CC[C@@H]3c4cccc(F)c4CC[C@H]3[C@@H]1C=CC2=O. The lowest BCUT2D eigenvalue weighted by atomic mass is 9.55. The lowest BCUT2D eigenvalue weighted by Gasteiger charge is -2.48. The predicted octanol–water partition coefficient (Wildman–Crippen LogP) is 4.03. The Morgan fingerprint density at radius 2 is 2.15 bits per heavy atom. The van der Waals surface area contributed by atoms with E-state index in [1.165, 1.54) is 5.56 Å². The van der Waals surface area contributed by atoms with Gasteiger partial charge in [0.2, 0.25) is 0 Å². The number of carbonyl (C=O) groups is 1. The quantitative estimate of drug-likeness (QED) is 0.695. The van der Waals surface area contributed by atoms with Crippen LogP contribution in [-0.4, -0.2) is 5.78 Å². The van der Waals surface area contributed by atoms with Crippen LogP contribution >= 0.6 is 0 Å². The molecule has 0 amide bonds. The number of halogens is 1. The molecule has 0 heterocycles. The largest absolute Gasteiger partial charge is 0.294 e. The molecule has 4 atom stereocenters. The second-order valence-corrected chi connectivity index (χ2v) is 6.82. The van der Waals surface area contributed by atoms with Crippen LogP contribution in [0.15, 0.2) is 30.4 Å². The molecule has 3 aliphatic carbocycles. The van der Waals surface area contributed by atoms with E-state index in [9.17, 15) is 9.18 Å². The van der Waals surface area contributed by atoms with E-state index in [2.05, 4.69) is 19.1 Å². The van der Waals surface area contributed by atoms with Gasteiger partial charge in [0.05, 0.1) is 0 Å². The number of rotatable bonds is 0. The first-order chi connectivity index (χ1) is 9.61. The van der Waals surface area contributed by atoms with Gasteiger partial charge in [-0.1, -0.05) is 25.1 Å².